The third kappa shape index (κ3) is 6.13. The molecule has 0 spiro atoms. The number of esters is 1. The summed E-state index contributed by atoms with van der Waals surface area (Å²) in [7, 11) is 3.17. The Balaban J connectivity index is 1.46. The minimum atomic E-state index is -0.796. The number of para-hydroxylation sites is 1. The normalized spacial score (nSPS) is 14.7. The van der Waals surface area contributed by atoms with Crippen molar-refractivity contribution < 1.29 is 23.8 Å². The maximum Gasteiger partial charge on any atom is 0.306 e. The van der Waals surface area contributed by atoms with E-state index in [1.165, 1.54) is 0 Å². The second-order valence-electron chi connectivity index (χ2n) is 7.50. The number of aryl methyl sites for hydroxylation is 1. The van der Waals surface area contributed by atoms with Gasteiger partial charge in [0.05, 0.1) is 14.2 Å². The van der Waals surface area contributed by atoms with Crippen LogP contribution in [-0.2, 0) is 20.7 Å². The number of ether oxygens (including phenoxy) is 3. The summed E-state index contributed by atoms with van der Waals surface area (Å²) in [6.07, 6.45) is -0.144. The number of nitrogens with zero attached hydrogens (tertiary/aromatic N) is 2. The first kappa shape index (κ1) is 22.5. The Kier molecular flexibility index (Phi) is 7.76. The van der Waals surface area contributed by atoms with Gasteiger partial charge in [0.15, 0.2) is 6.10 Å². The Morgan fingerprint density at radius 3 is 2.13 bits per heavy atom. The molecule has 0 N–H and O–H groups in total. The van der Waals surface area contributed by atoms with Crippen molar-refractivity contribution in [1.29, 1.82) is 0 Å². The van der Waals surface area contributed by atoms with Crippen molar-refractivity contribution in [1.82, 2.24) is 4.90 Å². The van der Waals surface area contributed by atoms with Gasteiger partial charge in [-0.25, -0.2) is 0 Å². The van der Waals surface area contributed by atoms with Gasteiger partial charge in [-0.05, 0) is 43.2 Å². The van der Waals surface area contributed by atoms with Crippen LogP contribution in [0.4, 0.5) is 5.69 Å². The molecule has 2 aromatic carbocycles. The van der Waals surface area contributed by atoms with Crippen molar-refractivity contribution in [3.63, 3.8) is 0 Å². The number of benzene rings is 2. The summed E-state index contributed by atoms with van der Waals surface area (Å²) in [5.41, 5.74) is 2.06. The molecule has 1 heterocycles. The Hall–Kier alpha value is -3.22. The van der Waals surface area contributed by atoms with Crippen LogP contribution in [0.1, 0.15) is 18.9 Å². The van der Waals surface area contributed by atoms with Gasteiger partial charge >= 0.3 is 5.97 Å². The van der Waals surface area contributed by atoms with Gasteiger partial charge in [0.2, 0.25) is 0 Å². The third-order valence-corrected chi connectivity index (χ3v) is 5.40. The number of carbonyl (C=O) groups is 2. The molecule has 1 amide bonds. The van der Waals surface area contributed by atoms with E-state index >= 15 is 0 Å². The molecule has 0 aromatic heterocycles. The van der Waals surface area contributed by atoms with Gasteiger partial charge in [-0.1, -0.05) is 18.2 Å². The number of hydrogen-bond donors (Lipinski definition) is 0. The first-order chi connectivity index (χ1) is 15.0. The van der Waals surface area contributed by atoms with Gasteiger partial charge in [0.25, 0.3) is 5.91 Å². The van der Waals surface area contributed by atoms with E-state index in [4.69, 9.17) is 14.2 Å². The fourth-order valence-electron chi connectivity index (χ4n) is 3.64. The average molecular weight is 427 g/mol. The number of rotatable bonds is 8. The molecule has 0 bridgehead atoms. The van der Waals surface area contributed by atoms with Gasteiger partial charge < -0.3 is 24.0 Å². The monoisotopic (exact) mass is 426 g/mol. The summed E-state index contributed by atoms with van der Waals surface area (Å²) in [4.78, 5) is 29.0. The molecule has 7 nitrogen and oxygen atoms in total. The van der Waals surface area contributed by atoms with E-state index in [0.717, 1.165) is 24.3 Å². The highest BCUT2D eigenvalue weighted by Crippen LogP contribution is 2.23. The molecule has 2 aromatic rings. The second kappa shape index (κ2) is 10.7. The summed E-state index contributed by atoms with van der Waals surface area (Å²) in [5.74, 6) is 0.788. The van der Waals surface area contributed by atoms with Crippen LogP contribution in [0.25, 0.3) is 0 Å². The lowest BCUT2D eigenvalue weighted by molar-refractivity contribution is -0.159. The van der Waals surface area contributed by atoms with Crippen LogP contribution in [-0.4, -0.2) is 63.3 Å². The Morgan fingerprint density at radius 1 is 0.935 bits per heavy atom. The molecular formula is C24H30N2O5. The highest BCUT2D eigenvalue weighted by Gasteiger charge is 2.27. The summed E-state index contributed by atoms with van der Waals surface area (Å²) in [6.45, 7) is 4.37. The molecule has 0 aliphatic carbocycles. The first-order valence-corrected chi connectivity index (χ1v) is 10.5. The molecular weight excluding hydrogens is 396 g/mol. The number of carbonyl (C=O) groups excluding carboxylic acids is 2. The molecule has 1 aliphatic rings. The molecule has 3 rings (SSSR count). The van der Waals surface area contributed by atoms with Gasteiger partial charge in [-0.15, -0.1) is 0 Å². The van der Waals surface area contributed by atoms with Crippen LogP contribution in [0.5, 0.6) is 11.5 Å². The molecule has 0 unspecified atom stereocenters. The van der Waals surface area contributed by atoms with Gasteiger partial charge in [0.1, 0.15) is 11.5 Å². The molecule has 1 fully saturated rings. The average Bonchev–Trinajstić information content (AvgIpc) is 2.82. The van der Waals surface area contributed by atoms with Crippen LogP contribution < -0.4 is 14.4 Å². The quantitative estimate of drug-likeness (QED) is 0.605. The van der Waals surface area contributed by atoms with Crippen LogP contribution in [0.2, 0.25) is 0 Å². The van der Waals surface area contributed by atoms with Crippen molar-refractivity contribution in [3.8, 4) is 11.5 Å². The lowest BCUT2D eigenvalue weighted by Gasteiger charge is -2.37. The third-order valence-electron chi connectivity index (χ3n) is 5.40. The molecule has 166 valence electrons. The maximum atomic E-state index is 12.7. The van der Waals surface area contributed by atoms with E-state index in [-0.39, 0.29) is 12.3 Å². The standard InChI is InChI=1S/C24H30N2O5/c1-18(24(28)26-13-11-25(12-14-26)20-7-5-4-6-8-20)31-23(27)10-9-19-15-21(29-2)17-22(16-19)30-3/h4-8,15-18H,9-14H2,1-3H3/t18-/m1/s1. The SMILES string of the molecule is COc1cc(CCC(=O)O[C@H](C)C(=O)N2CCN(c3ccccc3)CC2)cc(OC)c1. The van der Waals surface area contributed by atoms with Crippen molar-refractivity contribution in [2.24, 2.45) is 0 Å². The predicted molar refractivity (Wildman–Crippen MR) is 119 cm³/mol. The van der Waals surface area contributed by atoms with Gasteiger partial charge in [-0.3, -0.25) is 9.59 Å². The zero-order valence-corrected chi connectivity index (χ0v) is 18.4. The minimum Gasteiger partial charge on any atom is -0.497 e. The van der Waals surface area contributed by atoms with E-state index < -0.39 is 12.1 Å². The van der Waals surface area contributed by atoms with E-state index in [9.17, 15) is 9.59 Å². The highest BCUT2D eigenvalue weighted by atomic mass is 16.5. The van der Waals surface area contributed by atoms with Gasteiger partial charge in [-0.2, -0.15) is 0 Å². The molecule has 7 heteroatoms. The van der Waals surface area contributed by atoms with Crippen molar-refractivity contribution in [2.75, 3.05) is 45.3 Å². The zero-order chi connectivity index (χ0) is 22.2. The lowest BCUT2D eigenvalue weighted by Crippen LogP contribution is -2.51. The van der Waals surface area contributed by atoms with Crippen LogP contribution in [0.3, 0.4) is 0 Å². The van der Waals surface area contributed by atoms with Crippen molar-refractivity contribution in [3.05, 3.63) is 54.1 Å². The van der Waals surface area contributed by atoms with E-state index in [0.29, 0.717) is 31.0 Å². The number of hydrogen-bond acceptors (Lipinski definition) is 6. The summed E-state index contributed by atoms with van der Waals surface area (Å²) < 4.78 is 15.9. The highest BCUT2D eigenvalue weighted by molar-refractivity contribution is 5.83. The van der Waals surface area contributed by atoms with Gasteiger partial charge in [0, 0.05) is 44.4 Å². The number of anilines is 1. The topological polar surface area (TPSA) is 68.3 Å². The molecule has 0 radical (unpaired) electrons. The summed E-state index contributed by atoms with van der Waals surface area (Å²) >= 11 is 0. The largest absolute Gasteiger partial charge is 0.497 e. The molecule has 0 saturated carbocycles. The molecule has 31 heavy (non-hydrogen) atoms. The number of piperazine rings is 1. The molecule has 1 aliphatic heterocycles. The fourth-order valence-corrected chi connectivity index (χ4v) is 3.64. The first-order valence-electron chi connectivity index (χ1n) is 10.5. The Labute approximate surface area is 183 Å². The Morgan fingerprint density at radius 2 is 1.55 bits per heavy atom. The minimum absolute atomic E-state index is 0.149. The van der Waals surface area contributed by atoms with Crippen molar-refractivity contribution >= 4 is 17.6 Å². The number of amides is 1. The van der Waals surface area contributed by atoms with Crippen molar-refractivity contribution in [2.45, 2.75) is 25.9 Å². The fraction of sp³-hybridized carbons (Fsp3) is 0.417. The van der Waals surface area contributed by atoms with Crippen LogP contribution in [0, 0.1) is 0 Å². The van der Waals surface area contributed by atoms with Crippen LogP contribution >= 0.6 is 0 Å². The van der Waals surface area contributed by atoms with E-state index in [1.54, 1.807) is 32.1 Å². The second-order valence-corrected chi connectivity index (χ2v) is 7.50. The van der Waals surface area contributed by atoms with Crippen LogP contribution in [0.15, 0.2) is 48.5 Å². The molecule has 1 atom stereocenters. The van der Waals surface area contributed by atoms with E-state index in [2.05, 4.69) is 17.0 Å². The predicted octanol–water partition coefficient (Wildman–Crippen LogP) is 2.92. The zero-order valence-electron chi connectivity index (χ0n) is 18.4. The van der Waals surface area contributed by atoms with E-state index in [1.807, 2.05) is 30.3 Å². The Bertz CT molecular complexity index is 857. The summed E-state index contributed by atoms with van der Waals surface area (Å²) in [6, 6.07) is 15.6. The maximum absolute atomic E-state index is 12.7. The molecule has 1 saturated heterocycles. The summed E-state index contributed by atoms with van der Waals surface area (Å²) in [5, 5.41) is 0. The smallest absolute Gasteiger partial charge is 0.306 e. The number of methoxy groups -OCH3 is 2. The lowest BCUT2D eigenvalue weighted by atomic mass is 10.1.